The smallest absolute Gasteiger partial charge is 0.146 e. The van der Waals surface area contributed by atoms with Gasteiger partial charge in [-0.25, -0.2) is 9.67 Å². The summed E-state index contributed by atoms with van der Waals surface area (Å²) in [5.41, 5.74) is 5.88. The predicted octanol–water partition coefficient (Wildman–Crippen LogP) is 5.33. The monoisotopic (exact) mass is 366 g/mol. The molecule has 0 saturated carbocycles. The summed E-state index contributed by atoms with van der Waals surface area (Å²) in [7, 11) is 0. The van der Waals surface area contributed by atoms with E-state index in [2.05, 4.69) is 29.4 Å². The molecule has 0 aliphatic rings. The average Bonchev–Trinajstić information content (AvgIpc) is 3.22. The predicted molar refractivity (Wildman–Crippen MR) is 102 cm³/mol. The van der Waals surface area contributed by atoms with Crippen molar-refractivity contribution in [3.05, 3.63) is 70.2 Å². The van der Waals surface area contributed by atoms with Gasteiger partial charge >= 0.3 is 0 Å². The van der Waals surface area contributed by atoms with E-state index in [4.69, 9.17) is 16.6 Å². The summed E-state index contributed by atoms with van der Waals surface area (Å²) in [5.74, 6) is 0. The molecule has 2 aromatic heterocycles. The van der Waals surface area contributed by atoms with Gasteiger partial charge < -0.3 is 0 Å². The van der Waals surface area contributed by atoms with Crippen molar-refractivity contribution in [3.8, 4) is 27.6 Å². The molecule has 4 aromatic rings. The Hall–Kier alpha value is -2.50. The van der Waals surface area contributed by atoms with Gasteiger partial charge in [-0.1, -0.05) is 46.6 Å². The quantitative estimate of drug-likeness (QED) is 0.492. The van der Waals surface area contributed by atoms with Crippen LogP contribution in [0.1, 0.15) is 11.3 Å². The number of rotatable bonds is 3. The zero-order valence-corrected chi connectivity index (χ0v) is 15.3. The van der Waals surface area contributed by atoms with Gasteiger partial charge in [0.15, 0.2) is 0 Å². The van der Waals surface area contributed by atoms with Crippen LogP contribution in [0.25, 0.3) is 27.6 Å². The van der Waals surface area contributed by atoms with Crippen LogP contribution in [-0.2, 0) is 0 Å². The molecule has 6 heteroatoms. The molecule has 0 aliphatic carbocycles. The van der Waals surface area contributed by atoms with Crippen molar-refractivity contribution in [2.24, 2.45) is 0 Å². The van der Waals surface area contributed by atoms with Crippen LogP contribution in [0.3, 0.4) is 0 Å². The molecule has 2 heterocycles. The minimum absolute atomic E-state index is 0.702. The minimum atomic E-state index is 0.702. The Kier molecular flexibility index (Phi) is 4.11. The van der Waals surface area contributed by atoms with E-state index in [0.29, 0.717) is 5.02 Å². The molecule has 0 bridgehead atoms. The van der Waals surface area contributed by atoms with E-state index in [1.54, 1.807) is 11.3 Å². The van der Waals surface area contributed by atoms with Crippen LogP contribution in [0.5, 0.6) is 0 Å². The third-order valence-electron chi connectivity index (χ3n) is 4.00. The first-order valence-corrected chi connectivity index (χ1v) is 9.09. The standard InChI is InChI=1S/C19H15ClN4S/c1-12-6-8-16(9-7-12)24-13(2)18(22-23-24)19-21-17(11-25-19)14-4-3-5-15(20)10-14/h3-11H,1-2H3. The molecule has 0 aliphatic heterocycles. The number of hydrogen-bond donors (Lipinski definition) is 0. The molecule has 4 rings (SSSR count). The summed E-state index contributed by atoms with van der Waals surface area (Å²) in [4.78, 5) is 4.72. The molecular formula is C19H15ClN4S. The lowest BCUT2D eigenvalue weighted by Crippen LogP contribution is -1.98. The second-order valence-electron chi connectivity index (χ2n) is 5.82. The molecule has 25 heavy (non-hydrogen) atoms. The van der Waals surface area contributed by atoms with Crippen molar-refractivity contribution < 1.29 is 0 Å². The normalized spacial score (nSPS) is 11.0. The van der Waals surface area contributed by atoms with Crippen molar-refractivity contribution in [3.63, 3.8) is 0 Å². The number of halogens is 1. The van der Waals surface area contributed by atoms with Crippen LogP contribution < -0.4 is 0 Å². The van der Waals surface area contributed by atoms with Crippen molar-refractivity contribution in [2.75, 3.05) is 0 Å². The lowest BCUT2D eigenvalue weighted by Gasteiger charge is -2.03. The van der Waals surface area contributed by atoms with Crippen LogP contribution in [-0.4, -0.2) is 20.0 Å². The second-order valence-corrected chi connectivity index (χ2v) is 7.11. The van der Waals surface area contributed by atoms with E-state index in [1.807, 2.05) is 53.4 Å². The van der Waals surface area contributed by atoms with E-state index in [0.717, 1.165) is 33.3 Å². The largest absolute Gasteiger partial charge is 0.234 e. The molecule has 0 fully saturated rings. The molecule has 2 aromatic carbocycles. The molecule has 0 saturated heterocycles. The molecule has 0 spiro atoms. The third-order valence-corrected chi connectivity index (χ3v) is 5.08. The second kappa shape index (κ2) is 6.43. The summed E-state index contributed by atoms with van der Waals surface area (Å²) in [6.07, 6.45) is 0. The summed E-state index contributed by atoms with van der Waals surface area (Å²) < 4.78 is 1.84. The van der Waals surface area contributed by atoms with Gasteiger partial charge in [0.2, 0.25) is 0 Å². The van der Waals surface area contributed by atoms with Gasteiger partial charge in [0, 0.05) is 16.0 Å². The van der Waals surface area contributed by atoms with E-state index in [1.165, 1.54) is 5.56 Å². The fraction of sp³-hybridized carbons (Fsp3) is 0.105. The first kappa shape index (κ1) is 16.0. The SMILES string of the molecule is Cc1ccc(-n2nnc(-c3nc(-c4cccc(Cl)c4)cs3)c2C)cc1. The van der Waals surface area contributed by atoms with Gasteiger partial charge in [0.05, 0.1) is 17.1 Å². The average molecular weight is 367 g/mol. The maximum Gasteiger partial charge on any atom is 0.146 e. The molecular weight excluding hydrogens is 352 g/mol. The van der Waals surface area contributed by atoms with Crippen molar-refractivity contribution in [1.29, 1.82) is 0 Å². The zero-order chi connectivity index (χ0) is 17.4. The number of nitrogens with zero attached hydrogens (tertiary/aromatic N) is 4. The lowest BCUT2D eigenvalue weighted by molar-refractivity contribution is 0.785. The van der Waals surface area contributed by atoms with Gasteiger partial charge in [-0.15, -0.1) is 16.4 Å². The van der Waals surface area contributed by atoms with Gasteiger partial charge in [-0.05, 0) is 38.1 Å². The Morgan fingerprint density at radius 1 is 1.04 bits per heavy atom. The van der Waals surface area contributed by atoms with Crippen LogP contribution in [0.4, 0.5) is 0 Å². The molecule has 0 atom stereocenters. The van der Waals surface area contributed by atoms with E-state index >= 15 is 0 Å². The topological polar surface area (TPSA) is 43.6 Å². The van der Waals surface area contributed by atoms with Gasteiger partial charge in [0.25, 0.3) is 0 Å². The fourth-order valence-corrected chi connectivity index (χ4v) is 3.67. The van der Waals surface area contributed by atoms with Crippen LogP contribution in [0.2, 0.25) is 5.02 Å². The van der Waals surface area contributed by atoms with Crippen LogP contribution in [0.15, 0.2) is 53.9 Å². The van der Waals surface area contributed by atoms with Crippen molar-refractivity contribution in [1.82, 2.24) is 20.0 Å². The Bertz CT molecular complexity index is 1030. The number of hydrogen-bond acceptors (Lipinski definition) is 4. The van der Waals surface area contributed by atoms with Gasteiger partial charge in [0.1, 0.15) is 10.7 Å². The van der Waals surface area contributed by atoms with E-state index in [-0.39, 0.29) is 0 Å². The molecule has 4 nitrogen and oxygen atoms in total. The number of aromatic nitrogens is 4. The highest BCUT2D eigenvalue weighted by molar-refractivity contribution is 7.13. The van der Waals surface area contributed by atoms with Crippen molar-refractivity contribution in [2.45, 2.75) is 13.8 Å². The summed E-state index contributed by atoms with van der Waals surface area (Å²) in [6.45, 7) is 4.08. The first-order chi connectivity index (χ1) is 12.1. The number of aryl methyl sites for hydroxylation is 1. The molecule has 0 N–H and O–H groups in total. The minimum Gasteiger partial charge on any atom is -0.234 e. The third kappa shape index (κ3) is 3.08. The molecule has 0 unspecified atom stereocenters. The Morgan fingerprint density at radius 2 is 1.84 bits per heavy atom. The molecule has 0 radical (unpaired) electrons. The molecule has 124 valence electrons. The fourth-order valence-electron chi connectivity index (χ4n) is 2.62. The first-order valence-electron chi connectivity index (χ1n) is 7.83. The highest BCUT2D eigenvalue weighted by Crippen LogP contribution is 2.31. The number of benzene rings is 2. The summed E-state index contributed by atoms with van der Waals surface area (Å²) in [5, 5.41) is 12.2. The Morgan fingerprint density at radius 3 is 2.60 bits per heavy atom. The maximum absolute atomic E-state index is 6.08. The highest BCUT2D eigenvalue weighted by atomic mass is 35.5. The van der Waals surface area contributed by atoms with Gasteiger partial charge in [-0.3, -0.25) is 0 Å². The van der Waals surface area contributed by atoms with Crippen LogP contribution >= 0.6 is 22.9 Å². The van der Waals surface area contributed by atoms with E-state index < -0.39 is 0 Å². The lowest BCUT2D eigenvalue weighted by atomic mass is 10.2. The summed E-state index contributed by atoms with van der Waals surface area (Å²) >= 11 is 7.63. The van der Waals surface area contributed by atoms with Crippen molar-refractivity contribution >= 4 is 22.9 Å². The highest BCUT2D eigenvalue weighted by Gasteiger charge is 2.16. The van der Waals surface area contributed by atoms with Gasteiger partial charge in [-0.2, -0.15) is 0 Å². The Labute approximate surface area is 154 Å². The molecule has 0 amide bonds. The maximum atomic E-state index is 6.08. The van der Waals surface area contributed by atoms with E-state index in [9.17, 15) is 0 Å². The summed E-state index contributed by atoms with van der Waals surface area (Å²) in [6, 6.07) is 15.9. The zero-order valence-electron chi connectivity index (χ0n) is 13.8. The van der Waals surface area contributed by atoms with Crippen LogP contribution in [0, 0.1) is 13.8 Å². The Balaban J connectivity index is 1.71. The number of thiazole rings is 1.